The van der Waals surface area contributed by atoms with Crippen LogP contribution in [0.3, 0.4) is 0 Å². The number of piperidine rings is 1. The average molecular weight is 328 g/mol. The number of rotatable bonds is 5. The van der Waals surface area contributed by atoms with Crippen LogP contribution in [0.5, 0.6) is 5.75 Å². The fourth-order valence-electron chi connectivity index (χ4n) is 2.87. The number of carbonyl (C=O) groups is 1. The van der Waals surface area contributed by atoms with Crippen molar-refractivity contribution in [1.29, 1.82) is 0 Å². The molecule has 1 N–H and O–H groups in total. The lowest BCUT2D eigenvalue weighted by Crippen LogP contribution is -2.31. The Labute approximate surface area is 141 Å². The van der Waals surface area contributed by atoms with E-state index < -0.39 is 0 Å². The maximum Gasteiger partial charge on any atom is 0.262 e. The number of hydrogen-bond acceptors (Lipinski definition) is 3. The van der Waals surface area contributed by atoms with Crippen molar-refractivity contribution >= 4 is 17.3 Å². The van der Waals surface area contributed by atoms with Gasteiger partial charge in [-0.1, -0.05) is 18.2 Å². The first-order chi connectivity index (χ1) is 11.7. The van der Waals surface area contributed by atoms with Crippen LogP contribution in [-0.4, -0.2) is 25.6 Å². The predicted octanol–water partition coefficient (Wildman–Crippen LogP) is 3.83. The number of ether oxygens (including phenoxy) is 1. The van der Waals surface area contributed by atoms with Crippen LogP contribution in [0.1, 0.15) is 19.3 Å². The standard InChI is InChI=1S/C19H21FN2O2/c20-15-9-10-18(22-11-5-2-6-12-22)17(13-15)21-19(23)14-24-16-7-3-1-4-8-16/h1,3-4,7-10,13H,2,5-6,11-12,14H2,(H,21,23). The highest BCUT2D eigenvalue weighted by Crippen LogP contribution is 2.29. The topological polar surface area (TPSA) is 41.6 Å². The number of para-hydroxylation sites is 1. The Balaban J connectivity index is 1.66. The molecule has 3 rings (SSSR count). The molecule has 0 unspecified atom stereocenters. The summed E-state index contributed by atoms with van der Waals surface area (Å²) in [4.78, 5) is 14.3. The van der Waals surface area contributed by atoms with Crippen molar-refractivity contribution in [1.82, 2.24) is 0 Å². The molecule has 1 aliphatic rings. The molecule has 5 heteroatoms. The van der Waals surface area contributed by atoms with Crippen LogP contribution in [0, 0.1) is 5.82 Å². The molecular formula is C19H21FN2O2. The predicted molar refractivity (Wildman–Crippen MR) is 93.0 cm³/mol. The quantitative estimate of drug-likeness (QED) is 0.907. The number of nitrogens with zero attached hydrogens (tertiary/aromatic N) is 1. The van der Waals surface area contributed by atoms with Crippen LogP contribution in [-0.2, 0) is 4.79 Å². The van der Waals surface area contributed by atoms with E-state index in [2.05, 4.69) is 10.2 Å². The van der Waals surface area contributed by atoms with E-state index in [1.807, 2.05) is 18.2 Å². The molecule has 2 aromatic rings. The number of hydrogen-bond donors (Lipinski definition) is 1. The van der Waals surface area contributed by atoms with Gasteiger partial charge in [-0.25, -0.2) is 4.39 Å². The van der Waals surface area contributed by atoms with Gasteiger partial charge in [0.05, 0.1) is 11.4 Å². The number of carbonyl (C=O) groups excluding carboxylic acids is 1. The number of anilines is 2. The molecule has 0 bridgehead atoms. The highest BCUT2D eigenvalue weighted by Gasteiger charge is 2.16. The zero-order valence-corrected chi connectivity index (χ0v) is 13.5. The second kappa shape index (κ2) is 7.81. The number of amides is 1. The summed E-state index contributed by atoms with van der Waals surface area (Å²) in [6.07, 6.45) is 3.44. The van der Waals surface area contributed by atoms with Gasteiger partial charge in [0, 0.05) is 13.1 Å². The number of nitrogens with one attached hydrogen (secondary N) is 1. The zero-order chi connectivity index (χ0) is 16.8. The van der Waals surface area contributed by atoms with E-state index in [4.69, 9.17) is 4.74 Å². The van der Waals surface area contributed by atoms with Gasteiger partial charge in [0.15, 0.2) is 6.61 Å². The molecule has 1 aliphatic heterocycles. The molecule has 0 aromatic heterocycles. The molecule has 0 radical (unpaired) electrons. The van der Waals surface area contributed by atoms with E-state index in [1.165, 1.54) is 18.6 Å². The summed E-state index contributed by atoms with van der Waals surface area (Å²) in [6.45, 7) is 1.74. The first-order valence-electron chi connectivity index (χ1n) is 8.24. The third-order valence-corrected chi connectivity index (χ3v) is 4.04. The second-order valence-electron chi connectivity index (χ2n) is 5.86. The molecule has 0 aliphatic carbocycles. The van der Waals surface area contributed by atoms with Crippen LogP contribution in [0.2, 0.25) is 0 Å². The van der Waals surface area contributed by atoms with Crippen molar-refractivity contribution in [2.24, 2.45) is 0 Å². The van der Waals surface area contributed by atoms with Crippen LogP contribution in [0.4, 0.5) is 15.8 Å². The molecular weight excluding hydrogens is 307 g/mol. The summed E-state index contributed by atoms with van der Waals surface area (Å²) in [5, 5.41) is 2.77. The number of halogens is 1. The lowest BCUT2D eigenvalue weighted by atomic mass is 10.1. The summed E-state index contributed by atoms with van der Waals surface area (Å²) in [7, 11) is 0. The van der Waals surface area contributed by atoms with Crippen molar-refractivity contribution in [2.45, 2.75) is 19.3 Å². The van der Waals surface area contributed by atoms with Gasteiger partial charge >= 0.3 is 0 Å². The van der Waals surface area contributed by atoms with E-state index in [0.29, 0.717) is 11.4 Å². The lowest BCUT2D eigenvalue weighted by Gasteiger charge is -2.30. The Kier molecular flexibility index (Phi) is 5.31. The molecule has 1 heterocycles. The van der Waals surface area contributed by atoms with Crippen molar-refractivity contribution < 1.29 is 13.9 Å². The Morgan fingerprint density at radius 2 is 1.83 bits per heavy atom. The van der Waals surface area contributed by atoms with Gasteiger partial charge in [-0.15, -0.1) is 0 Å². The second-order valence-corrected chi connectivity index (χ2v) is 5.86. The van der Waals surface area contributed by atoms with Crippen molar-refractivity contribution in [3.63, 3.8) is 0 Å². The minimum Gasteiger partial charge on any atom is -0.484 e. The largest absolute Gasteiger partial charge is 0.484 e. The molecule has 0 spiro atoms. The molecule has 1 amide bonds. The fraction of sp³-hybridized carbons (Fsp3) is 0.316. The van der Waals surface area contributed by atoms with Crippen LogP contribution in [0.25, 0.3) is 0 Å². The minimum atomic E-state index is -0.366. The van der Waals surface area contributed by atoms with Gasteiger partial charge in [-0.05, 0) is 49.6 Å². The van der Waals surface area contributed by atoms with Gasteiger partial charge in [0.2, 0.25) is 0 Å². The normalized spacial score (nSPS) is 14.3. The van der Waals surface area contributed by atoms with Crippen molar-refractivity contribution in [2.75, 3.05) is 29.9 Å². The summed E-state index contributed by atoms with van der Waals surface area (Å²) >= 11 is 0. The van der Waals surface area contributed by atoms with E-state index in [1.54, 1.807) is 18.2 Å². The van der Waals surface area contributed by atoms with E-state index in [0.717, 1.165) is 31.6 Å². The van der Waals surface area contributed by atoms with Crippen LogP contribution < -0.4 is 15.0 Å². The molecule has 1 fully saturated rings. The molecule has 1 saturated heterocycles. The highest BCUT2D eigenvalue weighted by molar-refractivity contribution is 5.95. The Hall–Kier alpha value is -2.56. The van der Waals surface area contributed by atoms with E-state index in [-0.39, 0.29) is 18.3 Å². The summed E-state index contributed by atoms with van der Waals surface area (Å²) < 4.78 is 19.1. The van der Waals surface area contributed by atoms with Crippen molar-refractivity contribution in [3.05, 3.63) is 54.3 Å². The first kappa shape index (κ1) is 16.3. The van der Waals surface area contributed by atoms with Gasteiger partial charge < -0.3 is 15.0 Å². The van der Waals surface area contributed by atoms with Gasteiger partial charge in [0.25, 0.3) is 5.91 Å². The molecule has 126 valence electrons. The van der Waals surface area contributed by atoms with E-state index >= 15 is 0 Å². The lowest BCUT2D eigenvalue weighted by molar-refractivity contribution is -0.118. The van der Waals surface area contributed by atoms with Gasteiger partial charge in [-0.3, -0.25) is 4.79 Å². The van der Waals surface area contributed by atoms with Gasteiger partial charge in [0.1, 0.15) is 11.6 Å². The smallest absolute Gasteiger partial charge is 0.262 e. The Bertz CT molecular complexity index is 685. The monoisotopic (exact) mass is 328 g/mol. The molecule has 2 aromatic carbocycles. The SMILES string of the molecule is O=C(COc1ccccc1)Nc1cc(F)ccc1N1CCCCC1. The summed E-state index contributed by atoms with van der Waals surface area (Å²) in [6, 6.07) is 13.7. The maximum atomic E-state index is 13.6. The first-order valence-corrected chi connectivity index (χ1v) is 8.24. The molecule has 24 heavy (non-hydrogen) atoms. The third kappa shape index (κ3) is 4.25. The van der Waals surface area contributed by atoms with Gasteiger partial charge in [-0.2, -0.15) is 0 Å². The van der Waals surface area contributed by atoms with Crippen LogP contribution in [0.15, 0.2) is 48.5 Å². The highest BCUT2D eigenvalue weighted by atomic mass is 19.1. The fourth-order valence-corrected chi connectivity index (χ4v) is 2.87. The van der Waals surface area contributed by atoms with Crippen molar-refractivity contribution in [3.8, 4) is 5.75 Å². The Morgan fingerprint density at radius 1 is 1.08 bits per heavy atom. The summed E-state index contributed by atoms with van der Waals surface area (Å²) in [5.74, 6) is -0.0408. The average Bonchev–Trinajstić information content (AvgIpc) is 2.62. The Morgan fingerprint density at radius 3 is 2.58 bits per heavy atom. The molecule has 0 atom stereocenters. The molecule has 4 nitrogen and oxygen atoms in total. The molecule has 0 saturated carbocycles. The van der Waals surface area contributed by atoms with E-state index in [9.17, 15) is 9.18 Å². The zero-order valence-electron chi connectivity index (χ0n) is 13.5. The third-order valence-electron chi connectivity index (χ3n) is 4.04. The van der Waals surface area contributed by atoms with Crippen LogP contribution >= 0.6 is 0 Å². The summed E-state index contributed by atoms with van der Waals surface area (Å²) in [5.41, 5.74) is 1.36. The number of benzene rings is 2. The minimum absolute atomic E-state index is 0.111. The maximum absolute atomic E-state index is 13.6.